The lowest BCUT2D eigenvalue weighted by molar-refractivity contribution is -0.126. The second kappa shape index (κ2) is 6.78. The Kier molecular flexibility index (Phi) is 5.04. The van der Waals surface area contributed by atoms with Crippen LogP contribution in [0.5, 0.6) is 0 Å². The fraction of sp³-hybridized carbons (Fsp3) is 0.625. The highest BCUT2D eigenvalue weighted by atomic mass is 16.3. The van der Waals surface area contributed by atoms with Crippen molar-refractivity contribution in [3.05, 3.63) is 23.2 Å². The summed E-state index contributed by atoms with van der Waals surface area (Å²) in [4.78, 5) is 26.7. The van der Waals surface area contributed by atoms with Crippen LogP contribution in [0.15, 0.2) is 10.5 Å². The topological polar surface area (TPSA) is 62.6 Å². The van der Waals surface area contributed by atoms with E-state index in [1.807, 2.05) is 13.8 Å². The van der Waals surface area contributed by atoms with Crippen molar-refractivity contribution in [1.29, 1.82) is 0 Å². The van der Waals surface area contributed by atoms with Crippen LogP contribution in [0.25, 0.3) is 0 Å². The van der Waals surface area contributed by atoms with E-state index in [2.05, 4.69) is 5.32 Å². The number of piperidine rings is 1. The zero-order valence-corrected chi connectivity index (χ0v) is 13.1. The molecule has 1 aliphatic rings. The molecule has 5 heteroatoms. The number of nitrogens with zero attached hydrogens (tertiary/aromatic N) is 1. The summed E-state index contributed by atoms with van der Waals surface area (Å²) in [6.07, 6.45) is 3.56. The standard InChI is InChI=1S/C16H24N2O3/c1-4-8-17-15(19)14-7-5-6-9-18(14)16(20)13-10-11(2)21-12(13)3/h10,14H,4-9H2,1-3H3,(H,17,19). The van der Waals surface area contributed by atoms with Gasteiger partial charge in [-0.05, 0) is 45.6 Å². The highest BCUT2D eigenvalue weighted by Crippen LogP contribution is 2.23. The minimum Gasteiger partial charge on any atom is -0.466 e. The van der Waals surface area contributed by atoms with Crippen molar-refractivity contribution in [1.82, 2.24) is 10.2 Å². The number of hydrogen-bond donors (Lipinski definition) is 1. The van der Waals surface area contributed by atoms with Gasteiger partial charge in [0.2, 0.25) is 5.91 Å². The molecule has 21 heavy (non-hydrogen) atoms. The number of rotatable bonds is 4. The van der Waals surface area contributed by atoms with E-state index in [9.17, 15) is 9.59 Å². The monoisotopic (exact) mass is 292 g/mol. The van der Waals surface area contributed by atoms with Gasteiger partial charge in [-0.1, -0.05) is 6.92 Å². The van der Waals surface area contributed by atoms with Crippen LogP contribution in [-0.2, 0) is 4.79 Å². The van der Waals surface area contributed by atoms with Gasteiger partial charge in [0, 0.05) is 13.1 Å². The smallest absolute Gasteiger partial charge is 0.258 e. The summed E-state index contributed by atoms with van der Waals surface area (Å²) in [5.74, 6) is 1.21. The summed E-state index contributed by atoms with van der Waals surface area (Å²) in [6.45, 7) is 6.91. The molecule has 2 rings (SSSR count). The lowest BCUT2D eigenvalue weighted by Crippen LogP contribution is -2.52. The maximum absolute atomic E-state index is 12.7. The van der Waals surface area contributed by atoms with E-state index < -0.39 is 0 Å². The second-order valence-corrected chi connectivity index (χ2v) is 5.63. The molecule has 0 spiro atoms. The van der Waals surface area contributed by atoms with Crippen molar-refractivity contribution in [2.24, 2.45) is 0 Å². The molecule has 1 N–H and O–H groups in total. The summed E-state index contributed by atoms with van der Waals surface area (Å²) in [5.41, 5.74) is 0.572. The molecular weight excluding hydrogens is 268 g/mol. The summed E-state index contributed by atoms with van der Waals surface area (Å²) in [6, 6.07) is 1.40. The molecule has 5 nitrogen and oxygen atoms in total. The second-order valence-electron chi connectivity index (χ2n) is 5.63. The van der Waals surface area contributed by atoms with Gasteiger partial charge in [-0.25, -0.2) is 0 Å². The molecule has 1 aromatic heterocycles. The molecule has 0 bridgehead atoms. The third kappa shape index (κ3) is 3.46. The molecule has 2 amide bonds. The molecule has 2 heterocycles. The third-order valence-corrected chi connectivity index (χ3v) is 3.89. The van der Waals surface area contributed by atoms with E-state index in [0.717, 1.165) is 31.4 Å². The van der Waals surface area contributed by atoms with Gasteiger partial charge in [-0.15, -0.1) is 0 Å². The van der Waals surface area contributed by atoms with Gasteiger partial charge < -0.3 is 14.6 Å². The highest BCUT2D eigenvalue weighted by molar-refractivity contribution is 5.98. The van der Waals surface area contributed by atoms with Gasteiger partial charge in [0.15, 0.2) is 0 Å². The fourth-order valence-corrected chi connectivity index (χ4v) is 2.81. The molecular formula is C16H24N2O3. The lowest BCUT2D eigenvalue weighted by atomic mass is 10.00. The van der Waals surface area contributed by atoms with Crippen molar-refractivity contribution >= 4 is 11.8 Å². The third-order valence-electron chi connectivity index (χ3n) is 3.89. The Morgan fingerprint density at radius 2 is 2.14 bits per heavy atom. The molecule has 1 unspecified atom stereocenters. The SMILES string of the molecule is CCCNC(=O)C1CCCCN1C(=O)c1cc(C)oc1C. The normalized spacial score (nSPS) is 18.6. The lowest BCUT2D eigenvalue weighted by Gasteiger charge is -2.34. The van der Waals surface area contributed by atoms with Crippen LogP contribution >= 0.6 is 0 Å². The highest BCUT2D eigenvalue weighted by Gasteiger charge is 2.33. The Balaban J connectivity index is 2.16. The van der Waals surface area contributed by atoms with E-state index in [1.54, 1.807) is 17.9 Å². The Bertz CT molecular complexity index is 522. The summed E-state index contributed by atoms with van der Waals surface area (Å²) < 4.78 is 5.44. The summed E-state index contributed by atoms with van der Waals surface area (Å²) in [5, 5.41) is 2.90. The average Bonchev–Trinajstić information content (AvgIpc) is 2.82. The number of carbonyl (C=O) groups excluding carboxylic acids is 2. The summed E-state index contributed by atoms with van der Waals surface area (Å²) in [7, 11) is 0. The Morgan fingerprint density at radius 3 is 2.76 bits per heavy atom. The van der Waals surface area contributed by atoms with Crippen LogP contribution in [0.2, 0.25) is 0 Å². The number of nitrogens with one attached hydrogen (secondary N) is 1. The first-order valence-electron chi connectivity index (χ1n) is 7.70. The molecule has 1 aliphatic heterocycles. The molecule has 116 valence electrons. The van der Waals surface area contributed by atoms with Crippen molar-refractivity contribution < 1.29 is 14.0 Å². The van der Waals surface area contributed by atoms with Crippen molar-refractivity contribution in [3.63, 3.8) is 0 Å². The molecule has 0 radical (unpaired) electrons. The number of aryl methyl sites for hydroxylation is 2. The van der Waals surface area contributed by atoms with E-state index >= 15 is 0 Å². The van der Waals surface area contributed by atoms with E-state index in [1.165, 1.54) is 0 Å². The van der Waals surface area contributed by atoms with Crippen LogP contribution in [0.1, 0.15) is 54.5 Å². The number of amides is 2. The molecule has 0 saturated carbocycles. The predicted molar refractivity (Wildman–Crippen MR) is 80.2 cm³/mol. The number of carbonyl (C=O) groups is 2. The zero-order valence-electron chi connectivity index (χ0n) is 13.1. The Labute approximate surface area is 125 Å². The molecule has 1 saturated heterocycles. The molecule has 0 aliphatic carbocycles. The van der Waals surface area contributed by atoms with Crippen molar-refractivity contribution in [2.45, 2.75) is 52.5 Å². The first kappa shape index (κ1) is 15.6. The first-order chi connectivity index (χ1) is 10.0. The van der Waals surface area contributed by atoms with Crippen molar-refractivity contribution in [3.8, 4) is 0 Å². The van der Waals surface area contributed by atoms with Gasteiger partial charge in [-0.2, -0.15) is 0 Å². The molecule has 1 aromatic rings. The first-order valence-corrected chi connectivity index (χ1v) is 7.70. The zero-order chi connectivity index (χ0) is 15.4. The van der Waals surface area contributed by atoms with Crippen LogP contribution < -0.4 is 5.32 Å². The van der Waals surface area contributed by atoms with Gasteiger partial charge in [-0.3, -0.25) is 9.59 Å². The van der Waals surface area contributed by atoms with Crippen LogP contribution in [0, 0.1) is 13.8 Å². The minimum atomic E-state index is -0.354. The van der Waals surface area contributed by atoms with E-state index in [-0.39, 0.29) is 17.9 Å². The maximum Gasteiger partial charge on any atom is 0.258 e. The maximum atomic E-state index is 12.7. The average molecular weight is 292 g/mol. The van der Waals surface area contributed by atoms with Crippen LogP contribution in [-0.4, -0.2) is 35.8 Å². The molecule has 1 atom stereocenters. The van der Waals surface area contributed by atoms with Crippen molar-refractivity contribution in [2.75, 3.05) is 13.1 Å². The number of likely N-dealkylation sites (tertiary alicyclic amines) is 1. The fourth-order valence-electron chi connectivity index (χ4n) is 2.81. The van der Waals surface area contributed by atoms with E-state index in [0.29, 0.717) is 24.4 Å². The largest absolute Gasteiger partial charge is 0.466 e. The Hall–Kier alpha value is -1.78. The quantitative estimate of drug-likeness (QED) is 0.927. The Morgan fingerprint density at radius 1 is 1.38 bits per heavy atom. The van der Waals surface area contributed by atoms with Crippen LogP contribution in [0.3, 0.4) is 0 Å². The minimum absolute atomic E-state index is 0.0391. The number of hydrogen-bond acceptors (Lipinski definition) is 3. The van der Waals surface area contributed by atoms with Gasteiger partial charge in [0.05, 0.1) is 5.56 Å². The molecule has 1 fully saturated rings. The van der Waals surface area contributed by atoms with Gasteiger partial charge in [0.1, 0.15) is 17.6 Å². The molecule has 0 aromatic carbocycles. The summed E-state index contributed by atoms with van der Waals surface area (Å²) >= 11 is 0. The van der Waals surface area contributed by atoms with Gasteiger partial charge >= 0.3 is 0 Å². The predicted octanol–water partition coefficient (Wildman–Crippen LogP) is 2.42. The van der Waals surface area contributed by atoms with Crippen LogP contribution in [0.4, 0.5) is 0 Å². The van der Waals surface area contributed by atoms with Gasteiger partial charge in [0.25, 0.3) is 5.91 Å². The van der Waals surface area contributed by atoms with E-state index in [4.69, 9.17) is 4.42 Å². The number of furan rings is 1.